The van der Waals surface area contributed by atoms with Gasteiger partial charge in [0.25, 0.3) is 0 Å². The number of nitrogens with one attached hydrogen (secondary N) is 1. The second-order valence-corrected chi connectivity index (χ2v) is 6.99. The summed E-state index contributed by atoms with van der Waals surface area (Å²) in [6.07, 6.45) is 3.15. The molecular weight excluding hydrogens is 304 g/mol. The quantitative estimate of drug-likeness (QED) is 0.529. The van der Waals surface area contributed by atoms with Crippen LogP contribution in [0.15, 0.2) is 24.3 Å². The standard InChI is InChI=1S/C19H30N2O3/c22-17(14-20-8-9-21-10-12-23-13-11-21)15-24-19-7-3-5-16-4-1-2-6-18(16)19/h1-2,4,6,17,19-20,22H,3,5,7-15H2/p+2/t17-,19+/m0/s1. The van der Waals surface area contributed by atoms with Crippen LogP contribution in [0.3, 0.4) is 0 Å². The molecule has 1 fully saturated rings. The smallest absolute Gasteiger partial charge is 0.127 e. The highest BCUT2D eigenvalue weighted by Crippen LogP contribution is 2.32. The SMILES string of the molecule is O[C@@H](C[NH2+]CC[NH+]1CCOCC1)CO[C@@H]1CCCc2ccccc21. The van der Waals surface area contributed by atoms with E-state index in [0.717, 1.165) is 58.8 Å². The van der Waals surface area contributed by atoms with Gasteiger partial charge in [-0.25, -0.2) is 0 Å². The fourth-order valence-corrected chi connectivity index (χ4v) is 3.70. The Morgan fingerprint density at radius 2 is 2.12 bits per heavy atom. The maximum atomic E-state index is 10.2. The van der Waals surface area contributed by atoms with E-state index in [0.29, 0.717) is 6.61 Å². The summed E-state index contributed by atoms with van der Waals surface area (Å²) in [5.74, 6) is 0. The van der Waals surface area contributed by atoms with Crippen molar-refractivity contribution in [3.63, 3.8) is 0 Å². The first kappa shape index (κ1) is 17.8. The fraction of sp³-hybridized carbons (Fsp3) is 0.684. The van der Waals surface area contributed by atoms with Crippen LogP contribution in [0.2, 0.25) is 0 Å². The first-order valence-electron chi connectivity index (χ1n) is 9.43. The normalized spacial score (nSPS) is 23.0. The average molecular weight is 336 g/mol. The summed E-state index contributed by atoms with van der Waals surface area (Å²) in [6, 6.07) is 8.55. The molecule has 134 valence electrons. The molecule has 0 amide bonds. The van der Waals surface area contributed by atoms with Gasteiger partial charge in [-0.15, -0.1) is 0 Å². The van der Waals surface area contributed by atoms with E-state index in [4.69, 9.17) is 9.47 Å². The number of ether oxygens (including phenoxy) is 2. The number of quaternary nitrogens is 2. The molecule has 0 radical (unpaired) electrons. The topological polar surface area (TPSA) is 59.7 Å². The molecule has 0 saturated carbocycles. The van der Waals surface area contributed by atoms with Gasteiger partial charge >= 0.3 is 0 Å². The van der Waals surface area contributed by atoms with Crippen LogP contribution in [0.25, 0.3) is 0 Å². The van der Waals surface area contributed by atoms with Crippen molar-refractivity contribution in [2.75, 3.05) is 52.5 Å². The Balaban J connectivity index is 1.32. The highest BCUT2D eigenvalue weighted by atomic mass is 16.5. The molecule has 5 heteroatoms. The van der Waals surface area contributed by atoms with Gasteiger partial charge in [0.1, 0.15) is 38.8 Å². The van der Waals surface area contributed by atoms with Crippen molar-refractivity contribution in [1.29, 1.82) is 0 Å². The minimum atomic E-state index is -0.390. The molecule has 0 bridgehead atoms. The van der Waals surface area contributed by atoms with Gasteiger partial charge in [-0.2, -0.15) is 0 Å². The molecule has 24 heavy (non-hydrogen) atoms. The summed E-state index contributed by atoms with van der Waals surface area (Å²) in [5.41, 5.74) is 2.72. The fourth-order valence-electron chi connectivity index (χ4n) is 3.70. The summed E-state index contributed by atoms with van der Waals surface area (Å²) in [7, 11) is 0. The molecule has 0 aromatic heterocycles. The van der Waals surface area contributed by atoms with Gasteiger partial charge < -0.3 is 24.8 Å². The van der Waals surface area contributed by atoms with Crippen molar-refractivity contribution < 1.29 is 24.8 Å². The summed E-state index contributed by atoms with van der Waals surface area (Å²) < 4.78 is 11.4. The van der Waals surface area contributed by atoms with Gasteiger partial charge in [-0.3, -0.25) is 0 Å². The molecule has 3 rings (SSSR count). The maximum absolute atomic E-state index is 10.2. The van der Waals surface area contributed by atoms with E-state index in [1.807, 2.05) is 0 Å². The minimum absolute atomic E-state index is 0.155. The third-order valence-electron chi connectivity index (χ3n) is 5.14. The number of benzene rings is 1. The predicted octanol–water partition coefficient (Wildman–Crippen LogP) is -1.08. The molecule has 0 unspecified atom stereocenters. The second-order valence-electron chi connectivity index (χ2n) is 6.99. The van der Waals surface area contributed by atoms with Gasteiger partial charge in [-0.05, 0) is 30.4 Å². The lowest BCUT2D eigenvalue weighted by Gasteiger charge is -2.26. The molecular formula is C19H32N2O3+2. The lowest BCUT2D eigenvalue weighted by atomic mass is 9.89. The zero-order valence-corrected chi connectivity index (χ0v) is 14.6. The van der Waals surface area contributed by atoms with E-state index in [-0.39, 0.29) is 6.10 Å². The van der Waals surface area contributed by atoms with Crippen molar-refractivity contribution >= 4 is 0 Å². The van der Waals surface area contributed by atoms with Crippen LogP contribution in [0.5, 0.6) is 0 Å². The van der Waals surface area contributed by atoms with E-state index >= 15 is 0 Å². The minimum Gasteiger partial charge on any atom is -0.385 e. The van der Waals surface area contributed by atoms with Crippen molar-refractivity contribution in [2.45, 2.75) is 31.5 Å². The molecule has 2 aliphatic rings. The van der Waals surface area contributed by atoms with Crippen LogP contribution in [-0.2, 0) is 15.9 Å². The Hall–Kier alpha value is -0.980. The third kappa shape index (κ3) is 5.26. The molecule has 1 heterocycles. The molecule has 5 nitrogen and oxygen atoms in total. The van der Waals surface area contributed by atoms with E-state index in [1.54, 1.807) is 4.90 Å². The number of morpholine rings is 1. The first-order chi connectivity index (χ1) is 11.8. The molecule has 0 spiro atoms. The Kier molecular flexibility index (Phi) is 7.05. The van der Waals surface area contributed by atoms with Crippen molar-refractivity contribution in [1.82, 2.24) is 0 Å². The lowest BCUT2D eigenvalue weighted by Crippen LogP contribution is -3.16. The first-order valence-corrected chi connectivity index (χ1v) is 9.43. The highest BCUT2D eigenvalue weighted by molar-refractivity contribution is 5.31. The van der Waals surface area contributed by atoms with Gasteiger partial charge in [-0.1, -0.05) is 24.3 Å². The summed E-state index contributed by atoms with van der Waals surface area (Å²) in [6.45, 7) is 7.34. The van der Waals surface area contributed by atoms with Crippen LogP contribution < -0.4 is 10.2 Å². The van der Waals surface area contributed by atoms with Crippen LogP contribution in [0, 0.1) is 0 Å². The molecule has 4 N–H and O–H groups in total. The third-order valence-corrected chi connectivity index (χ3v) is 5.14. The number of aliphatic hydroxyl groups excluding tert-OH is 1. The molecule has 1 aromatic carbocycles. The Morgan fingerprint density at radius 1 is 1.29 bits per heavy atom. The second kappa shape index (κ2) is 9.49. The monoisotopic (exact) mass is 336 g/mol. The van der Waals surface area contributed by atoms with Crippen molar-refractivity contribution in [3.05, 3.63) is 35.4 Å². The zero-order chi connectivity index (χ0) is 16.6. The van der Waals surface area contributed by atoms with Crippen LogP contribution in [0.1, 0.15) is 30.1 Å². The van der Waals surface area contributed by atoms with Crippen molar-refractivity contribution in [3.8, 4) is 0 Å². The predicted molar refractivity (Wildman–Crippen MR) is 92.1 cm³/mol. The zero-order valence-electron chi connectivity index (χ0n) is 14.6. The van der Waals surface area contributed by atoms with Gasteiger partial charge in [0.05, 0.1) is 25.9 Å². The van der Waals surface area contributed by atoms with Gasteiger partial charge in [0.2, 0.25) is 0 Å². The molecule has 1 saturated heterocycles. The van der Waals surface area contributed by atoms with Gasteiger partial charge in [0, 0.05) is 0 Å². The molecule has 1 aliphatic carbocycles. The summed E-state index contributed by atoms with van der Waals surface area (Å²) >= 11 is 0. The Bertz CT molecular complexity index is 491. The molecule has 1 aliphatic heterocycles. The largest absolute Gasteiger partial charge is 0.385 e. The number of hydrogen-bond donors (Lipinski definition) is 3. The number of aliphatic hydroxyl groups is 1. The maximum Gasteiger partial charge on any atom is 0.127 e. The lowest BCUT2D eigenvalue weighted by molar-refractivity contribution is -0.919. The number of rotatable bonds is 8. The highest BCUT2D eigenvalue weighted by Gasteiger charge is 2.21. The number of nitrogens with two attached hydrogens (primary N) is 1. The van der Waals surface area contributed by atoms with E-state index in [2.05, 4.69) is 29.6 Å². The summed E-state index contributed by atoms with van der Waals surface area (Å²) in [4.78, 5) is 1.61. The number of aryl methyl sites for hydroxylation is 1. The van der Waals surface area contributed by atoms with E-state index < -0.39 is 6.10 Å². The van der Waals surface area contributed by atoms with E-state index in [1.165, 1.54) is 17.5 Å². The van der Waals surface area contributed by atoms with Crippen LogP contribution in [0.4, 0.5) is 0 Å². The number of hydrogen-bond acceptors (Lipinski definition) is 3. The molecule has 2 atom stereocenters. The van der Waals surface area contributed by atoms with Gasteiger partial charge in [0.15, 0.2) is 0 Å². The van der Waals surface area contributed by atoms with Crippen molar-refractivity contribution in [2.24, 2.45) is 0 Å². The molecule has 1 aromatic rings. The number of fused-ring (bicyclic) bond motifs is 1. The van der Waals surface area contributed by atoms with Crippen LogP contribution >= 0.6 is 0 Å². The summed E-state index contributed by atoms with van der Waals surface area (Å²) in [5, 5.41) is 12.4. The van der Waals surface area contributed by atoms with E-state index in [9.17, 15) is 5.11 Å². The Labute approximate surface area is 144 Å². The van der Waals surface area contributed by atoms with Crippen LogP contribution in [-0.4, -0.2) is 63.8 Å². The Morgan fingerprint density at radius 3 is 3.00 bits per heavy atom. The average Bonchev–Trinajstić information content (AvgIpc) is 2.64.